The molecule has 20 heavy (non-hydrogen) atoms. The van der Waals surface area contributed by atoms with Crippen molar-refractivity contribution in [3.8, 4) is 0 Å². The van der Waals surface area contributed by atoms with Crippen molar-refractivity contribution in [3.05, 3.63) is 34.3 Å². The topological polar surface area (TPSA) is 85.2 Å². The first-order valence-electron chi connectivity index (χ1n) is 6.16. The average molecular weight is 298 g/mol. The van der Waals surface area contributed by atoms with Crippen LogP contribution in [-0.2, 0) is 11.3 Å². The van der Waals surface area contributed by atoms with Crippen LogP contribution in [0, 0.1) is 5.92 Å². The molecule has 1 heterocycles. The van der Waals surface area contributed by atoms with E-state index in [9.17, 15) is 4.79 Å². The van der Waals surface area contributed by atoms with Crippen molar-refractivity contribution >= 4 is 23.4 Å². The third-order valence-corrected chi connectivity index (χ3v) is 3.71. The normalized spacial score (nSPS) is 16.9. The van der Waals surface area contributed by atoms with Crippen LogP contribution in [0.4, 0.5) is 0 Å². The van der Waals surface area contributed by atoms with Crippen LogP contribution in [0.2, 0.25) is 5.02 Å². The third-order valence-electron chi connectivity index (χ3n) is 3.36. The van der Waals surface area contributed by atoms with Crippen LogP contribution in [0.3, 0.4) is 0 Å². The molecule has 2 rings (SSSR count). The van der Waals surface area contributed by atoms with Gasteiger partial charge in [0.05, 0.1) is 5.92 Å². The Morgan fingerprint density at radius 1 is 1.55 bits per heavy atom. The molecule has 1 aliphatic rings. The van der Waals surface area contributed by atoms with Crippen LogP contribution in [0.15, 0.2) is 23.2 Å². The maximum absolute atomic E-state index is 10.7. The van der Waals surface area contributed by atoms with Crippen LogP contribution in [0.25, 0.3) is 0 Å². The molecule has 0 radical (unpaired) electrons. The zero-order chi connectivity index (χ0) is 14.7. The van der Waals surface area contributed by atoms with Crippen LogP contribution in [0.1, 0.15) is 11.1 Å². The smallest absolute Gasteiger partial charge is 0.309 e. The van der Waals surface area contributed by atoms with Gasteiger partial charge >= 0.3 is 5.97 Å². The lowest BCUT2D eigenvalue weighted by atomic mass is 9.99. The molecule has 0 aliphatic carbocycles. The van der Waals surface area contributed by atoms with Gasteiger partial charge in [-0.3, -0.25) is 25.4 Å². The Hall–Kier alpha value is -1.63. The van der Waals surface area contributed by atoms with Crippen molar-refractivity contribution in [3.63, 3.8) is 0 Å². The molecule has 0 spiro atoms. The summed E-state index contributed by atoms with van der Waals surface area (Å²) in [4.78, 5) is 16.6. The summed E-state index contributed by atoms with van der Waals surface area (Å²) < 4.78 is 0. The highest BCUT2D eigenvalue weighted by atomic mass is 35.5. The minimum Gasteiger partial charge on any atom is -0.481 e. The lowest BCUT2D eigenvalue weighted by molar-refractivity contribution is -0.147. The number of nitrogens with one attached hydrogen (secondary N) is 1. The van der Waals surface area contributed by atoms with Crippen LogP contribution in [0.5, 0.6) is 0 Å². The Morgan fingerprint density at radius 3 is 2.75 bits per heavy atom. The van der Waals surface area contributed by atoms with Gasteiger partial charge in [0.2, 0.25) is 0 Å². The maximum atomic E-state index is 10.7. The van der Waals surface area contributed by atoms with E-state index < -0.39 is 5.97 Å². The molecule has 1 saturated heterocycles. The van der Waals surface area contributed by atoms with E-state index in [0.717, 1.165) is 5.56 Å². The number of halogens is 1. The molecule has 1 aromatic rings. The van der Waals surface area contributed by atoms with E-state index in [0.29, 0.717) is 36.1 Å². The number of nitrogens with zero attached hydrogens (tertiary/aromatic N) is 2. The Balaban J connectivity index is 2.02. The van der Waals surface area contributed by atoms with E-state index in [1.54, 1.807) is 19.2 Å². The molecular formula is C13H16ClN3O3. The molecule has 3 N–H and O–H groups in total. The van der Waals surface area contributed by atoms with E-state index in [1.165, 1.54) is 0 Å². The number of aliphatic carboxylic acids is 1. The predicted octanol–water partition coefficient (Wildman–Crippen LogP) is 1.21. The number of hydroxylamine groups is 1. The lowest BCUT2D eigenvalue weighted by Gasteiger charge is -2.36. The molecule has 7 heteroatoms. The predicted molar refractivity (Wildman–Crippen MR) is 75.2 cm³/mol. The van der Waals surface area contributed by atoms with E-state index >= 15 is 0 Å². The molecule has 1 fully saturated rings. The number of carbonyl (C=O) groups is 1. The van der Waals surface area contributed by atoms with Crippen molar-refractivity contribution < 1.29 is 15.1 Å². The molecule has 1 aliphatic heterocycles. The molecule has 0 saturated carbocycles. The average Bonchev–Trinajstić information content (AvgIpc) is 2.36. The van der Waals surface area contributed by atoms with Gasteiger partial charge in [-0.25, -0.2) is 0 Å². The number of amidine groups is 1. The Labute approximate surface area is 121 Å². The third kappa shape index (κ3) is 3.09. The van der Waals surface area contributed by atoms with Gasteiger partial charge in [-0.05, 0) is 11.6 Å². The molecule has 1 aromatic carbocycles. The van der Waals surface area contributed by atoms with Gasteiger partial charge in [0, 0.05) is 37.3 Å². The second kappa shape index (κ2) is 6.21. The highest BCUT2D eigenvalue weighted by Gasteiger charge is 2.32. The largest absolute Gasteiger partial charge is 0.481 e. The molecular weight excluding hydrogens is 282 g/mol. The van der Waals surface area contributed by atoms with Crippen LogP contribution in [-0.4, -0.2) is 47.2 Å². The van der Waals surface area contributed by atoms with Gasteiger partial charge in [0.25, 0.3) is 0 Å². The van der Waals surface area contributed by atoms with Crippen molar-refractivity contribution in [2.75, 3.05) is 20.1 Å². The summed E-state index contributed by atoms with van der Waals surface area (Å²) in [5, 5.41) is 18.3. The first-order chi connectivity index (χ1) is 9.55. The molecule has 0 amide bonds. The summed E-state index contributed by atoms with van der Waals surface area (Å²) in [5.74, 6) is -0.681. The van der Waals surface area contributed by atoms with E-state index in [4.69, 9.17) is 21.9 Å². The molecule has 108 valence electrons. The fraction of sp³-hybridized carbons (Fsp3) is 0.385. The molecule has 6 nitrogen and oxygen atoms in total. The number of hydrogen-bond acceptors (Lipinski definition) is 4. The monoisotopic (exact) mass is 297 g/mol. The van der Waals surface area contributed by atoms with Gasteiger partial charge < -0.3 is 5.11 Å². The summed E-state index contributed by atoms with van der Waals surface area (Å²) in [7, 11) is 1.56. The fourth-order valence-corrected chi connectivity index (χ4v) is 2.40. The highest BCUT2D eigenvalue weighted by molar-refractivity contribution is 6.31. The van der Waals surface area contributed by atoms with Gasteiger partial charge in [0.15, 0.2) is 5.84 Å². The van der Waals surface area contributed by atoms with E-state index in [2.05, 4.69) is 4.99 Å². The number of rotatable bonds is 4. The number of carboxylic acid groups (broad SMARTS) is 1. The standard InChI is InChI=1S/C13H16ClN3O3/c1-15-12(16-20)8-2-3-9(11(14)4-8)5-17-6-10(7-17)13(18)19/h2-4,10,20H,5-7H2,1H3,(H,15,16)(H,18,19). The molecule has 0 aromatic heterocycles. The maximum Gasteiger partial charge on any atom is 0.309 e. The fourth-order valence-electron chi connectivity index (χ4n) is 2.16. The second-order valence-corrected chi connectivity index (χ2v) is 5.13. The summed E-state index contributed by atoms with van der Waals surface area (Å²) in [6.45, 7) is 1.72. The van der Waals surface area contributed by atoms with E-state index in [1.807, 2.05) is 16.4 Å². The Morgan fingerprint density at radius 2 is 2.25 bits per heavy atom. The number of aliphatic imine (C=N–C) groups is 1. The van der Waals surface area contributed by atoms with Gasteiger partial charge in [-0.1, -0.05) is 23.7 Å². The van der Waals surface area contributed by atoms with E-state index in [-0.39, 0.29) is 5.92 Å². The summed E-state index contributed by atoms with van der Waals surface area (Å²) in [6.07, 6.45) is 0. The number of carboxylic acids is 1. The summed E-state index contributed by atoms with van der Waals surface area (Å²) in [6, 6.07) is 5.38. The molecule has 0 atom stereocenters. The number of benzene rings is 1. The molecule has 0 bridgehead atoms. The minimum absolute atomic E-state index is 0.273. The van der Waals surface area contributed by atoms with Crippen molar-refractivity contribution in [1.29, 1.82) is 0 Å². The summed E-state index contributed by atoms with van der Waals surface area (Å²) in [5.41, 5.74) is 3.63. The van der Waals surface area contributed by atoms with Crippen molar-refractivity contribution in [2.24, 2.45) is 10.9 Å². The summed E-state index contributed by atoms with van der Waals surface area (Å²) >= 11 is 6.20. The SMILES string of the molecule is CN=C(NO)c1ccc(CN2CC(C(=O)O)C2)c(Cl)c1. The Bertz CT molecular complexity index is 542. The minimum atomic E-state index is -0.750. The first kappa shape index (κ1) is 14.8. The van der Waals surface area contributed by atoms with Crippen molar-refractivity contribution in [1.82, 2.24) is 10.4 Å². The quantitative estimate of drug-likeness (QED) is 0.442. The highest BCUT2D eigenvalue weighted by Crippen LogP contribution is 2.24. The van der Waals surface area contributed by atoms with Gasteiger partial charge in [-0.2, -0.15) is 0 Å². The zero-order valence-electron chi connectivity index (χ0n) is 11.0. The van der Waals surface area contributed by atoms with Crippen LogP contribution < -0.4 is 5.48 Å². The molecule has 0 unspecified atom stereocenters. The van der Waals surface area contributed by atoms with Crippen LogP contribution >= 0.6 is 11.6 Å². The number of hydrogen-bond donors (Lipinski definition) is 3. The second-order valence-electron chi connectivity index (χ2n) is 4.72. The lowest BCUT2D eigenvalue weighted by Crippen LogP contribution is -2.49. The Kier molecular flexibility index (Phi) is 4.59. The van der Waals surface area contributed by atoms with Gasteiger partial charge in [0.1, 0.15) is 0 Å². The number of likely N-dealkylation sites (tertiary alicyclic amines) is 1. The van der Waals surface area contributed by atoms with Crippen molar-refractivity contribution in [2.45, 2.75) is 6.54 Å². The van der Waals surface area contributed by atoms with Gasteiger partial charge in [-0.15, -0.1) is 0 Å². The zero-order valence-corrected chi connectivity index (χ0v) is 11.8. The first-order valence-corrected chi connectivity index (χ1v) is 6.53.